The third-order valence-corrected chi connectivity index (χ3v) is 5.04. The Bertz CT molecular complexity index is 373. The molecule has 15 heavy (non-hydrogen) atoms. The van der Waals surface area contributed by atoms with Crippen LogP contribution in [0.4, 0.5) is 0 Å². The van der Waals surface area contributed by atoms with Crippen LogP contribution in [0.5, 0.6) is 0 Å². The average Bonchev–Trinajstić information content (AvgIpc) is 2.30. The molecule has 0 aliphatic heterocycles. The lowest BCUT2D eigenvalue weighted by Gasteiger charge is -2.04. The van der Waals surface area contributed by atoms with Gasteiger partial charge in [-0.25, -0.2) is 0 Å². The molecule has 0 spiro atoms. The minimum absolute atomic E-state index is 0.779. The van der Waals surface area contributed by atoms with E-state index in [2.05, 4.69) is 6.07 Å². The second kappa shape index (κ2) is 6.89. The standard InChI is InChI=1S/C11H11NS3/c1-13-11(14-2)10(8-12)15-9-6-4-3-5-7-9/h3-7H,1-2H3. The molecular formula is C11H11NS3. The highest BCUT2D eigenvalue weighted by Crippen LogP contribution is 2.36. The first-order valence-corrected chi connectivity index (χ1v) is 7.53. The maximum absolute atomic E-state index is 9.06. The zero-order chi connectivity index (χ0) is 11.1. The smallest absolute Gasteiger partial charge is 0.110 e. The molecule has 0 atom stereocenters. The predicted octanol–water partition coefficient (Wildman–Crippen LogP) is 4.20. The number of hydrogen-bond donors (Lipinski definition) is 0. The van der Waals surface area contributed by atoms with Gasteiger partial charge in [0.2, 0.25) is 0 Å². The van der Waals surface area contributed by atoms with Gasteiger partial charge in [0, 0.05) is 4.90 Å². The van der Waals surface area contributed by atoms with Crippen molar-refractivity contribution in [1.82, 2.24) is 0 Å². The van der Waals surface area contributed by atoms with E-state index in [1.807, 2.05) is 42.8 Å². The molecule has 0 unspecified atom stereocenters. The van der Waals surface area contributed by atoms with E-state index in [0.29, 0.717) is 0 Å². The van der Waals surface area contributed by atoms with Gasteiger partial charge in [-0.1, -0.05) is 30.0 Å². The van der Waals surface area contributed by atoms with Crippen molar-refractivity contribution in [2.24, 2.45) is 0 Å². The van der Waals surface area contributed by atoms with Crippen molar-refractivity contribution in [3.63, 3.8) is 0 Å². The zero-order valence-corrected chi connectivity index (χ0v) is 11.0. The number of rotatable bonds is 4. The third kappa shape index (κ3) is 3.86. The molecule has 0 amide bonds. The van der Waals surface area contributed by atoms with Crippen LogP contribution in [0.2, 0.25) is 0 Å². The largest absolute Gasteiger partial charge is 0.192 e. The van der Waals surface area contributed by atoms with E-state index in [0.717, 1.165) is 14.0 Å². The van der Waals surface area contributed by atoms with Crippen molar-refractivity contribution in [3.8, 4) is 6.07 Å². The summed E-state index contributed by atoms with van der Waals surface area (Å²) in [5.41, 5.74) is 0. The van der Waals surface area contributed by atoms with Gasteiger partial charge in [-0.2, -0.15) is 5.26 Å². The quantitative estimate of drug-likeness (QED) is 0.593. The van der Waals surface area contributed by atoms with E-state index in [-0.39, 0.29) is 0 Å². The van der Waals surface area contributed by atoms with Crippen molar-refractivity contribution in [2.45, 2.75) is 4.90 Å². The lowest BCUT2D eigenvalue weighted by molar-refractivity contribution is 1.46. The Morgan fingerprint density at radius 1 is 1.13 bits per heavy atom. The monoisotopic (exact) mass is 253 g/mol. The number of thioether (sulfide) groups is 3. The molecule has 1 aromatic rings. The first-order chi connectivity index (χ1) is 7.31. The molecule has 0 heterocycles. The van der Waals surface area contributed by atoms with Crippen LogP contribution in [-0.2, 0) is 0 Å². The molecule has 4 heteroatoms. The Morgan fingerprint density at radius 3 is 2.20 bits per heavy atom. The number of nitrogens with zero attached hydrogens (tertiary/aromatic N) is 1. The van der Waals surface area contributed by atoms with Gasteiger partial charge in [-0.05, 0) is 24.6 Å². The fourth-order valence-electron chi connectivity index (χ4n) is 0.985. The van der Waals surface area contributed by atoms with Gasteiger partial charge < -0.3 is 0 Å². The molecule has 0 radical (unpaired) electrons. The Balaban J connectivity index is 2.88. The topological polar surface area (TPSA) is 23.8 Å². The number of benzene rings is 1. The summed E-state index contributed by atoms with van der Waals surface area (Å²) in [6.45, 7) is 0. The fourth-order valence-corrected chi connectivity index (χ4v) is 3.52. The fraction of sp³-hybridized carbons (Fsp3) is 0.182. The second-order valence-corrected chi connectivity index (χ2v) is 5.53. The number of nitriles is 1. The summed E-state index contributed by atoms with van der Waals surface area (Å²) in [4.78, 5) is 1.89. The van der Waals surface area contributed by atoms with Crippen LogP contribution < -0.4 is 0 Å². The predicted molar refractivity (Wildman–Crippen MR) is 72.0 cm³/mol. The van der Waals surface area contributed by atoms with Gasteiger partial charge in [0.1, 0.15) is 11.0 Å². The molecule has 0 saturated heterocycles. The molecule has 0 bridgehead atoms. The molecular weight excluding hydrogens is 242 g/mol. The Labute approximate surface area is 103 Å². The summed E-state index contributed by atoms with van der Waals surface area (Å²) >= 11 is 4.77. The third-order valence-electron chi connectivity index (χ3n) is 1.62. The summed E-state index contributed by atoms with van der Waals surface area (Å²) in [7, 11) is 0. The summed E-state index contributed by atoms with van der Waals surface area (Å²) < 4.78 is 1.08. The van der Waals surface area contributed by atoms with E-state index in [1.54, 1.807) is 23.5 Å². The number of allylic oxidation sites excluding steroid dienone is 1. The van der Waals surface area contributed by atoms with Gasteiger partial charge in [-0.15, -0.1) is 23.5 Å². The Kier molecular flexibility index (Phi) is 5.77. The van der Waals surface area contributed by atoms with Gasteiger partial charge in [0.05, 0.1) is 4.24 Å². The molecule has 1 nitrogen and oxygen atoms in total. The summed E-state index contributed by atoms with van der Waals surface area (Å²) in [6, 6.07) is 12.2. The minimum Gasteiger partial charge on any atom is -0.192 e. The molecule has 78 valence electrons. The van der Waals surface area contributed by atoms with E-state index in [4.69, 9.17) is 5.26 Å². The first kappa shape index (κ1) is 12.6. The van der Waals surface area contributed by atoms with E-state index < -0.39 is 0 Å². The molecule has 1 aromatic carbocycles. The highest BCUT2D eigenvalue weighted by molar-refractivity contribution is 8.22. The van der Waals surface area contributed by atoms with Crippen molar-refractivity contribution in [2.75, 3.05) is 12.5 Å². The van der Waals surface area contributed by atoms with Gasteiger partial charge in [0.25, 0.3) is 0 Å². The van der Waals surface area contributed by atoms with Gasteiger partial charge in [0.15, 0.2) is 0 Å². The zero-order valence-electron chi connectivity index (χ0n) is 8.56. The Hall–Kier alpha value is -0.500. The summed E-state index contributed by atoms with van der Waals surface area (Å²) in [5.74, 6) is 0. The SMILES string of the molecule is CSC(SC)=C(C#N)Sc1ccccc1. The Morgan fingerprint density at radius 2 is 1.73 bits per heavy atom. The van der Waals surface area contributed by atoms with Crippen molar-refractivity contribution < 1.29 is 0 Å². The van der Waals surface area contributed by atoms with E-state index in [1.165, 1.54) is 11.8 Å². The van der Waals surface area contributed by atoms with Crippen molar-refractivity contribution >= 4 is 35.3 Å². The van der Waals surface area contributed by atoms with E-state index >= 15 is 0 Å². The van der Waals surface area contributed by atoms with Crippen LogP contribution in [0, 0.1) is 11.3 Å². The van der Waals surface area contributed by atoms with Crippen molar-refractivity contribution in [3.05, 3.63) is 39.5 Å². The maximum atomic E-state index is 9.06. The molecule has 0 aliphatic rings. The van der Waals surface area contributed by atoms with Crippen LogP contribution in [0.25, 0.3) is 0 Å². The lowest BCUT2D eigenvalue weighted by atomic mass is 10.4. The van der Waals surface area contributed by atoms with Crippen LogP contribution in [-0.4, -0.2) is 12.5 Å². The van der Waals surface area contributed by atoms with Crippen LogP contribution in [0.3, 0.4) is 0 Å². The molecule has 0 fully saturated rings. The summed E-state index contributed by atoms with van der Waals surface area (Å²) in [5, 5.41) is 9.06. The molecule has 0 N–H and O–H groups in total. The first-order valence-electron chi connectivity index (χ1n) is 4.27. The van der Waals surface area contributed by atoms with Crippen LogP contribution in [0.1, 0.15) is 0 Å². The molecule has 1 rings (SSSR count). The maximum Gasteiger partial charge on any atom is 0.110 e. The number of hydrogen-bond acceptors (Lipinski definition) is 4. The van der Waals surface area contributed by atoms with E-state index in [9.17, 15) is 0 Å². The molecule has 0 saturated carbocycles. The molecule has 0 aliphatic carbocycles. The summed E-state index contributed by atoms with van der Waals surface area (Å²) in [6.07, 6.45) is 3.99. The van der Waals surface area contributed by atoms with Gasteiger partial charge in [-0.3, -0.25) is 0 Å². The average molecular weight is 253 g/mol. The van der Waals surface area contributed by atoms with Gasteiger partial charge >= 0.3 is 0 Å². The molecule has 0 aromatic heterocycles. The highest BCUT2D eigenvalue weighted by atomic mass is 32.2. The van der Waals surface area contributed by atoms with Crippen molar-refractivity contribution in [1.29, 1.82) is 5.26 Å². The lowest BCUT2D eigenvalue weighted by Crippen LogP contribution is -1.78. The second-order valence-electron chi connectivity index (χ2n) is 2.55. The van der Waals surface area contributed by atoms with Crippen LogP contribution in [0.15, 0.2) is 44.4 Å². The highest BCUT2D eigenvalue weighted by Gasteiger charge is 2.06. The van der Waals surface area contributed by atoms with Crippen LogP contribution >= 0.6 is 35.3 Å². The minimum atomic E-state index is 0.779. The normalized spacial score (nSPS) is 9.40.